The van der Waals surface area contributed by atoms with Crippen molar-refractivity contribution < 1.29 is 0 Å². The molecular weight excluding hydrogens is 354 g/mol. The van der Waals surface area contributed by atoms with Gasteiger partial charge in [-0.1, -0.05) is 0 Å². The predicted octanol–water partition coefficient (Wildman–Crippen LogP) is 3.20. The van der Waals surface area contributed by atoms with Crippen LogP contribution in [-0.4, -0.2) is 26.7 Å². The van der Waals surface area contributed by atoms with Crippen LogP contribution in [0.4, 0.5) is 5.82 Å². The van der Waals surface area contributed by atoms with E-state index < -0.39 is 0 Å². The Morgan fingerprint density at radius 1 is 1.30 bits per heavy atom. The molecule has 0 amide bonds. The Morgan fingerprint density at radius 2 is 2.09 bits per heavy atom. The number of halogens is 1. The van der Waals surface area contributed by atoms with Crippen LogP contribution in [0.2, 0.25) is 0 Å². The van der Waals surface area contributed by atoms with Crippen molar-refractivity contribution in [3.8, 4) is 0 Å². The van der Waals surface area contributed by atoms with Crippen molar-refractivity contribution in [2.75, 3.05) is 11.9 Å². The van der Waals surface area contributed by atoms with E-state index in [1.54, 1.807) is 6.20 Å². The molecule has 23 heavy (non-hydrogen) atoms. The van der Waals surface area contributed by atoms with Gasteiger partial charge in [-0.25, -0.2) is 9.50 Å². The van der Waals surface area contributed by atoms with Crippen molar-refractivity contribution in [2.45, 2.75) is 44.1 Å². The highest BCUT2D eigenvalue weighted by atomic mass is 79.9. The van der Waals surface area contributed by atoms with E-state index in [0.29, 0.717) is 5.41 Å². The Bertz CT molecular complexity index is 755. The van der Waals surface area contributed by atoms with Crippen LogP contribution < -0.4 is 11.1 Å². The summed E-state index contributed by atoms with van der Waals surface area (Å²) in [6, 6.07) is 0. The Balaban J connectivity index is 1.43. The first-order valence-electron chi connectivity index (χ1n) is 8.55. The maximum Gasteiger partial charge on any atom is 0.153 e. The smallest absolute Gasteiger partial charge is 0.153 e. The minimum absolute atomic E-state index is 0.0996. The van der Waals surface area contributed by atoms with Gasteiger partial charge in [-0.2, -0.15) is 5.10 Å². The highest BCUT2D eigenvalue weighted by Gasteiger charge is 2.56. The summed E-state index contributed by atoms with van der Waals surface area (Å²) in [4.78, 5) is 4.54. The van der Waals surface area contributed by atoms with Gasteiger partial charge in [0, 0.05) is 24.5 Å². The van der Waals surface area contributed by atoms with E-state index in [-0.39, 0.29) is 5.54 Å². The molecule has 6 heteroatoms. The molecule has 4 fully saturated rings. The summed E-state index contributed by atoms with van der Waals surface area (Å²) in [5.41, 5.74) is 8.18. The predicted molar refractivity (Wildman–Crippen MR) is 93.2 cm³/mol. The maximum absolute atomic E-state index is 6.71. The van der Waals surface area contributed by atoms with Gasteiger partial charge in [-0.05, 0) is 71.7 Å². The zero-order valence-electron chi connectivity index (χ0n) is 13.1. The molecule has 5 nitrogen and oxygen atoms in total. The Morgan fingerprint density at radius 3 is 2.83 bits per heavy atom. The van der Waals surface area contributed by atoms with Gasteiger partial charge in [0.15, 0.2) is 5.82 Å². The first-order valence-corrected chi connectivity index (χ1v) is 9.34. The normalized spacial score (nSPS) is 38.3. The molecule has 2 aromatic heterocycles. The third kappa shape index (κ3) is 2.22. The summed E-state index contributed by atoms with van der Waals surface area (Å²) >= 11 is 3.58. The third-order valence-corrected chi connectivity index (χ3v) is 6.83. The largest absolute Gasteiger partial charge is 0.368 e. The van der Waals surface area contributed by atoms with Gasteiger partial charge < -0.3 is 11.1 Å². The second-order valence-corrected chi connectivity index (χ2v) is 9.09. The number of anilines is 1. The Labute approximate surface area is 144 Å². The minimum Gasteiger partial charge on any atom is -0.368 e. The van der Waals surface area contributed by atoms with Crippen LogP contribution in [0.15, 0.2) is 23.1 Å². The standard InChI is InChI=1S/C17H22BrN5/c18-13-8-22-23-2-1-20-15(14(13)23)21-10-16-4-11-3-12(5-16)7-17(19,6-11)9-16/h1-2,8,11-12H,3-7,9-10,19H2,(H,20,21). The van der Waals surface area contributed by atoms with Gasteiger partial charge >= 0.3 is 0 Å². The zero-order valence-corrected chi connectivity index (χ0v) is 14.7. The molecular formula is C17H22BrN5. The molecule has 0 aromatic carbocycles. The van der Waals surface area contributed by atoms with E-state index in [1.165, 1.54) is 38.5 Å². The van der Waals surface area contributed by atoms with E-state index in [9.17, 15) is 0 Å². The van der Waals surface area contributed by atoms with Crippen LogP contribution in [0, 0.1) is 17.3 Å². The number of hydrogen-bond donors (Lipinski definition) is 2. The molecule has 4 bridgehead atoms. The first-order chi connectivity index (χ1) is 11.0. The van der Waals surface area contributed by atoms with Gasteiger partial charge in [-0.15, -0.1) is 0 Å². The molecule has 4 aliphatic rings. The molecule has 4 saturated carbocycles. The van der Waals surface area contributed by atoms with Crippen molar-refractivity contribution in [3.05, 3.63) is 23.1 Å². The van der Waals surface area contributed by atoms with Crippen molar-refractivity contribution >= 4 is 27.3 Å². The topological polar surface area (TPSA) is 68.2 Å². The Kier molecular flexibility index (Phi) is 2.90. The number of nitrogens with zero attached hydrogens (tertiary/aromatic N) is 3. The van der Waals surface area contributed by atoms with Crippen LogP contribution in [0.25, 0.3) is 5.52 Å². The molecule has 122 valence electrons. The Hall–Kier alpha value is -1.14. The second-order valence-electron chi connectivity index (χ2n) is 8.24. The van der Waals surface area contributed by atoms with Crippen molar-refractivity contribution in [2.24, 2.45) is 23.0 Å². The molecule has 3 N–H and O–H groups in total. The van der Waals surface area contributed by atoms with Gasteiger partial charge in [0.25, 0.3) is 0 Å². The SMILES string of the molecule is NC12CC3CC(C1)CC(CNc1nccn4ncc(Br)c14)(C3)C2. The van der Waals surface area contributed by atoms with Crippen LogP contribution in [0.5, 0.6) is 0 Å². The van der Waals surface area contributed by atoms with Gasteiger partial charge in [0.05, 0.1) is 10.7 Å². The molecule has 0 aliphatic heterocycles. The van der Waals surface area contributed by atoms with Crippen molar-refractivity contribution in [3.63, 3.8) is 0 Å². The quantitative estimate of drug-likeness (QED) is 0.863. The number of rotatable bonds is 3. The lowest BCUT2D eigenvalue weighted by molar-refractivity contribution is -0.0593. The molecule has 6 rings (SSSR count). The lowest BCUT2D eigenvalue weighted by Gasteiger charge is -2.61. The van der Waals surface area contributed by atoms with Gasteiger partial charge in [-0.3, -0.25) is 0 Å². The average Bonchev–Trinajstić information content (AvgIpc) is 2.85. The molecule has 2 atom stereocenters. The highest BCUT2D eigenvalue weighted by Crippen LogP contribution is 2.60. The van der Waals surface area contributed by atoms with E-state index in [2.05, 4.69) is 31.3 Å². The summed E-state index contributed by atoms with van der Waals surface area (Å²) in [5.74, 6) is 2.60. The van der Waals surface area contributed by atoms with E-state index >= 15 is 0 Å². The molecule has 2 aromatic rings. The van der Waals surface area contributed by atoms with Gasteiger partial charge in [0.2, 0.25) is 0 Å². The number of fused-ring (bicyclic) bond motifs is 1. The number of nitrogens with one attached hydrogen (secondary N) is 1. The molecule has 0 radical (unpaired) electrons. The summed E-state index contributed by atoms with van der Waals surface area (Å²) in [7, 11) is 0. The molecule has 0 saturated heterocycles. The summed E-state index contributed by atoms with van der Waals surface area (Å²) < 4.78 is 2.85. The fourth-order valence-electron chi connectivity index (χ4n) is 6.04. The molecule has 0 spiro atoms. The minimum atomic E-state index is 0.0996. The number of hydrogen-bond acceptors (Lipinski definition) is 4. The van der Waals surface area contributed by atoms with E-state index in [4.69, 9.17) is 5.73 Å². The van der Waals surface area contributed by atoms with Crippen molar-refractivity contribution in [1.82, 2.24) is 14.6 Å². The summed E-state index contributed by atoms with van der Waals surface area (Å²) in [5, 5.41) is 7.97. The van der Waals surface area contributed by atoms with Crippen molar-refractivity contribution in [1.29, 1.82) is 0 Å². The molecule has 4 aliphatic carbocycles. The molecule has 2 heterocycles. The number of nitrogens with two attached hydrogens (primary N) is 1. The van der Waals surface area contributed by atoms with Crippen LogP contribution in [0.1, 0.15) is 38.5 Å². The summed E-state index contributed by atoms with van der Waals surface area (Å²) in [6.07, 6.45) is 13.2. The van der Waals surface area contributed by atoms with E-state index in [1.807, 2.05) is 16.9 Å². The van der Waals surface area contributed by atoms with Crippen LogP contribution >= 0.6 is 15.9 Å². The lowest BCUT2D eigenvalue weighted by Crippen LogP contribution is -2.61. The monoisotopic (exact) mass is 375 g/mol. The fraction of sp³-hybridized carbons (Fsp3) is 0.647. The van der Waals surface area contributed by atoms with Crippen LogP contribution in [0.3, 0.4) is 0 Å². The van der Waals surface area contributed by atoms with Crippen LogP contribution in [-0.2, 0) is 0 Å². The maximum atomic E-state index is 6.71. The zero-order chi connectivity index (χ0) is 15.7. The number of aromatic nitrogens is 3. The first kappa shape index (κ1) is 14.2. The van der Waals surface area contributed by atoms with E-state index in [0.717, 1.165) is 34.2 Å². The highest BCUT2D eigenvalue weighted by molar-refractivity contribution is 9.10. The second kappa shape index (κ2) is 4.70. The summed E-state index contributed by atoms with van der Waals surface area (Å²) in [6.45, 7) is 0.975. The lowest BCUT2D eigenvalue weighted by atomic mass is 9.47. The average molecular weight is 376 g/mol. The molecule has 2 unspecified atom stereocenters. The van der Waals surface area contributed by atoms with Gasteiger partial charge in [0.1, 0.15) is 5.52 Å². The third-order valence-electron chi connectivity index (χ3n) is 6.24. The fourth-order valence-corrected chi connectivity index (χ4v) is 6.50.